The predicted molar refractivity (Wildman–Crippen MR) is 72.5 cm³/mol. The quantitative estimate of drug-likeness (QED) is 0.866. The number of rotatable bonds is 3. The lowest BCUT2D eigenvalue weighted by Gasteiger charge is -2.08. The second kappa shape index (κ2) is 5.26. The van der Waals surface area contributed by atoms with E-state index < -0.39 is 0 Å². The van der Waals surface area contributed by atoms with Gasteiger partial charge < -0.3 is 5.32 Å². The number of nitrogens with zero attached hydrogens (tertiary/aromatic N) is 3. The van der Waals surface area contributed by atoms with E-state index in [0.29, 0.717) is 0 Å². The fraction of sp³-hybridized carbons (Fsp3) is 0.182. The van der Waals surface area contributed by atoms with Crippen molar-refractivity contribution in [3.63, 3.8) is 0 Å². The molecule has 0 saturated carbocycles. The molecule has 6 heteroatoms. The van der Waals surface area contributed by atoms with E-state index in [0.717, 1.165) is 14.8 Å². The van der Waals surface area contributed by atoms with Gasteiger partial charge >= 0.3 is 0 Å². The summed E-state index contributed by atoms with van der Waals surface area (Å²) < 4.78 is 2.63. The molecule has 0 unspecified atom stereocenters. The Balaban J connectivity index is 2.03. The molecule has 2 aromatic rings. The maximum atomic E-state index is 11.7. The standard InChI is InChI=1S/C11H11IN4O/c1-8-4-9(12)2-3-10(8)15-11(17)5-16-7-13-6-14-16/h2-4,6-7H,5H2,1H3,(H,15,17). The SMILES string of the molecule is Cc1cc(I)ccc1NC(=O)Cn1cncn1. The van der Waals surface area contributed by atoms with Gasteiger partial charge in [-0.25, -0.2) is 9.67 Å². The highest BCUT2D eigenvalue weighted by molar-refractivity contribution is 14.1. The van der Waals surface area contributed by atoms with Crippen molar-refractivity contribution in [2.24, 2.45) is 0 Å². The van der Waals surface area contributed by atoms with Crippen LogP contribution in [0.1, 0.15) is 5.56 Å². The number of hydrogen-bond acceptors (Lipinski definition) is 3. The van der Waals surface area contributed by atoms with E-state index in [1.54, 1.807) is 0 Å². The topological polar surface area (TPSA) is 59.8 Å². The van der Waals surface area contributed by atoms with Gasteiger partial charge in [0.15, 0.2) is 0 Å². The number of carbonyl (C=O) groups excluding carboxylic acids is 1. The van der Waals surface area contributed by atoms with Gasteiger partial charge in [0.1, 0.15) is 19.2 Å². The Morgan fingerprint density at radius 1 is 1.53 bits per heavy atom. The molecule has 1 aromatic carbocycles. The molecular weight excluding hydrogens is 331 g/mol. The zero-order chi connectivity index (χ0) is 12.3. The summed E-state index contributed by atoms with van der Waals surface area (Å²) in [6.45, 7) is 2.14. The van der Waals surface area contributed by atoms with Gasteiger partial charge in [0.05, 0.1) is 0 Å². The highest BCUT2D eigenvalue weighted by Crippen LogP contribution is 2.17. The Kier molecular flexibility index (Phi) is 3.72. The molecule has 0 saturated heterocycles. The molecule has 88 valence electrons. The number of anilines is 1. The minimum Gasteiger partial charge on any atom is -0.324 e. The molecule has 0 aliphatic carbocycles. The highest BCUT2D eigenvalue weighted by Gasteiger charge is 2.06. The summed E-state index contributed by atoms with van der Waals surface area (Å²) in [5.41, 5.74) is 1.87. The van der Waals surface area contributed by atoms with Crippen molar-refractivity contribution in [1.29, 1.82) is 0 Å². The third-order valence-electron chi connectivity index (χ3n) is 2.23. The first-order valence-corrected chi connectivity index (χ1v) is 6.11. The molecule has 0 radical (unpaired) electrons. The summed E-state index contributed by atoms with van der Waals surface area (Å²) in [6.07, 6.45) is 2.92. The van der Waals surface area contributed by atoms with E-state index in [9.17, 15) is 4.79 Å². The van der Waals surface area contributed by atoms with E-state index in [1.165, 1.54) is 17.3 Å². The normalized spacial score (nSPS) is 10.2. The molecule has 0 bridgehead atoms. The summed E-state index contributed by atoms with van der Waals surface area (Å²) in [5, 5.41) is 6.72. The van der Waals surface area contributed by atoms with Crippen LogP contribution in [0.25, 0.3) is 0 Å². The summed E-state index contributed by atoms with van der Waals surface area (Å²) in [6, 6.07) is 5.88. The van der Waals surface area contributed by atoms with Crippen LogP contribution in [0.4, 0.5) is 5.69 Å². The Morgan fingerprint density at radius 3 is 3.00 bits per heavy atom. The average molecular weight is 342 g/mol. The van der Waals surface area contributed by atoms with Crippen molar-refractivity contribution in [3.05, 3.63) is 40.0 Å². The number of halogens is 1. The van der Waals surface area contributed by atoms with Crippen LogP contribution in [0.2, 0.25) is 0 Å². The Bertz CT molecular complexity index is 524. The van der Waals surface area contributed by atoms with Crippen molar-refractivity contribution in [1.82, 2.24) is 14.8 Å². The molecule has 1 heterocycles. The lowest BCUT2D eigenvalue weighted by atomic mass is 10.2. The number of aromatic nitrogens is 3. The molecule has 0 fully saturated rings. The summed E-state index contributed by atoms with van der Waals surface area (Å²) in [7, 11) is 0. The number of aryl methyl sites for hydroxylation is 1. The highest BCUT2D eigenvalue weighted by atomic mass is 127. The molecule has 0 spiro atoms. The minimum atomic E-state index is -0.111. The van der Waals surface area contributed by atoms with Crippen LogP contribution in [0.15, 0.2) is 30.9 Å². The zero-order valence-corrected chi connectivity index (χ0v) is 11.4. The van der Waals surface area contributed by atoms with Gasteiger partial charge in [-0.05, 0) is 53.3 Å². The smallest absolute Gasteiger partial charge is 0.246 e. The Morgan fingerprint density at radius 2 is 2.35 bits per heavy atom. The molecular formula is C11H11IN4O. The van der Waals surface area contributed by atoms with Crippen LogP contribution in [-0.2, 0) is 11.3 Å². The number of amides is 1. The predicted octanol–water partition coefficient (Wildman–Crippen LogP) is 1.83. The molecule has 17 heavy (non-hydrogen) atoms. The van der Waals surface area contributed by atoms with Gasteiger partial charge in [0.2, 0.25) is 5.91 Å². The number of nitrogens with one attached hydrogen (secondary N) is 1. The molecule has 1 amide bonds. The number of hydrogen-bond donors (Lipinski definition) is 1. The van der Waals surface area contributed by atoms with Gasteiger partial charge in [-0.15, -0.1) is 0 Å². The molecule has 2 rings (SSSR count). The summed E-state index contributed by atoms with van der Waals surface area (Å²) in [4.78, 5) is 15.5. The van der Waals surface area contributed by atoms with Crippen LogP contribution >= 0.6 is 22.6 Å². The van der Waals surface area contributed by atoms with Crippen LogP contribution < -0.4 is 5.32 Å². The summed E-state index contributed by atoms with van der Waals surface area (Å²) >= 11 is 2.24. The molecule has 5 nitrogen and oxygen atoms in total. The van der Waals surface area contributed by atoms with Crippen molar-refractivity contribution in [3.8, 4) is 0 Å². The fourth-order valence-electron chi connectivity index (χ4n) is 1.42. The van der Waals surface area contributed by atoms with E-state index >= 15 is 0 Å². The van der Waals surface area contributed by atoms with E-state index in [-0.39, 0.29) is 12.5 Å². The van der Waals surface area contributed by atoms with Crippen molar-refractivity contribution in [2.45, 2.75) is 13.5 Å². The van der Waals surface area contributed by atoms with Gasteiger partial charge in [-0.3, -0.25) is 4.79 Å². The first-order chi connectivity index (χ1) is 8.15. The number of carbonyl (C=O) groups is 1. The van der Waals surface area contributed by atoms with E-state index in [4.69, 9.17) is 0 Å². The maximum Gasteiger partial charge on any atom is 0.246 e. The second-order valence-corrected chi connectivity index (χ2v) is 4.85. The van der Waals surface area contributed by atoms with Crippen molar-refractivity contribution >= 4 is 34.2 Å². The molecule has 0 aliphatic heterocycles. The molecule has 1 N–H and O–H groups in total. The van der Waals surface area contributed by atoms with Gasteiger partial charge in [-0.1, -0.05) is 0 Å². The van der Waals surface area contributed by atoms with Crippen molar-refractivity contribution in [2.75, 3.05) is 5.32 Å². The first kappa shape index (κ1) is 12.0. The Hall–Kier alpha value is -1.44. The van der Waals surface area contributed by atoms with E-state index in [2.05, 4.69) is 38.0 Å². The second-order valence-electron chi connectivity index (χ2n) is 3.60. The van der Waals surface area contributed by atoms with Crippen molar-refractivity contribution < 1.29 is 4.79 Å². The van der Waals surface area contributed by atoms with E-state index in [1.807, 2.05) is 25.1 Å². The largest absolute Gasteiger partial charge is 0.324 e. The minimum absolute atomic E-state index is 0.111. The van der Waals surface area contributed by atoms with Gasteiger partial charge in [-0.2, -0.15) is 5.10 Å². The van der Waals surface area contributed by atoms with Crippen LogP contribution in [0.5, 0.6) is 0 Å². The molecule has 0 aliphatic rings. The lowest BCUT2D eigenvalue weighted by molar-refractivity contribution is -0.116. The van der Waals surface area contributed by atoms with Crippen LogP contribution in [0, 0.1) is 10.5 Å². The first-order valence-electron chi connectivity index (χ1n) is 5.03. The molecule has 1 aromatic heterocycles. The number of benzene rings is 1. The maximum absolute atomic E-state index is 11.7. The van der Waals surface area contributed by atoms with Crippen LogP contribution in [-0.4, -0.2) is 20.7 Å². The summed E-state index contributed by atoms with van der Waals surface area (Å²) in [5.74, 6) is -0.111. The lowest BCUT2D eigenvalue weighted by Crippen LogP contribution is -2.19. The van der Waals surface area contributed by atoms with Gasteiger partial charge in [0, 0.05) is 9.26 Å². The third-order valence-corrected chi connectivity index (χ3v) is 2.91. The Labute approximate surface area is 112 Å². The fourth-order valence-corrected chi connectivity index (χ4v) is 2.07. The molecule has 0 atom stereocenters. The monoisotopic (exact) mass is 342 g/mol. The third kappa shape index (κ3) is 3.26. The van der Waals surface area contributed by atoms with Gasteiger partial charge in [0.25, 0.3) is 0 Å². The van der Waals surface area contributed by atoms with Crippen LogP contribution in [0.3, 0.4) is 0 Å². The zero-order valence-electron chi connectivity index (χ0n) is 9.22. The average Bonchev–Trinajstić information content (AvgIpc) is 2.75.